The Morgan fingerprint density at radius 1 is 1.42 bits per heavy atom. The third-order valence-electron chi connectivity index (χ3n) is 4.55. The van der Waals surface area contributed by atoms with Crippen LogP contribution in [0.15, 0.2) is 18.2 Å². The summed E-state index contributed by atoms with van der Waals surface area (Å²) >= 11 is 6.19. The largest absolute Gasteiger partial charge is 0.384 e. The second-order valence-electron chi connectivity index (χ2n) is 5.46. The third kappa shape index (κ3) is 2.71. The quantitative estimate of drug-likeness (QED) is 0.653. The predicted octanol–water partition coefficient (Wildman–Crippen LogP) is 3.64. The summed E-state index contributed by atoms with van der Waals surface area (Å²) < 4.78 is 0. The first kappa shape index (κ1) is 14.2. The van der Waals surface area contributed by atoms with Crippen LogP contribution in [0.1, 0.15) is 38.7 Å². The lowest BCUT2D eigenvalue weighted by molar-refractivity contribution is 0.301. The van der Waals surface area contributed by atoms with Crippen LogP contribution in [0.25, 0.3) is 0 Å². The van der Waals surface area contributed by atoms with Crippen molar-refractivity contribution in [2.24, 2.45) is 11.1 Å². The number of hydrogen-bond donors (Lipinski definition) is 2. The molecule has 1 aromatic rings. The van der Waals surface area contributed by atoms with E-state index >= 15 is 0 Å². The lowest BCUT2D eigenvalue weighted by Crippen LogP contribution is -2.26. The van der Waals surface area contributed by atoms with Crippen LogP contribution in [0.4, 0.5) is 5.69 Å². The van der Waals surface area contributed by atoms with Gasteiger partial charge < -0.3 is 10.6 Å². The molecule has 0 spiro atoms. The van der Waals surface area contributed by atoms with Gasteiger partial charge in [-0.3, -0.25) is 5.41 Å². The van der Waals surface area contributed by atoms with Crippen LogP contribution in [0, 0.1) is 10.8 Å². The Labute approximate surface area is 120 Å². The highest BCUT2D eigenvalue weighted by atomic mass is 35.5. The van der Waals surface area contributed by atoms with Crippen molar-refractivity contribution in [2.75, 3.05) is 18.0 Å². The van der Waals surface area contributed by atoms with E-state index in [9.17, 15) is 0 Å². The van der Waals surface area contributed by atoms with Gasteiger partial charge in [0.2, 0.25) is 0 Å². The molecular formula is C15H22ClN3. The molecule has 104 valence electrons. The highest BCUT2D eigenvalue weighted by molar-refractivity contribution is 6.34. The topological polar surface area (TPSA) is 53.1 Å². The average molecular weight is 280 g/mol. The van der Waals surface area contributed by atoms with Gasteiger partial charge in [-0.15, -0.1) is 0 Å². The summed E-state index contributed by atoms with van der Waals surface area (Å²) in [4.78, 5) is 2.39. The molecule has 1 saturated heterocycles. The Morgan fingerprint density at radius 2 is 2.11 bits per heavy atom. The van der Waals surface area contributed by atoms with Gasteiger partial charge in [0.05, 0.1) is 5.02 Å². The van der Waals surface area contributed by atoms with Gasteiger partial charge in [0.1, 0.15) is 5.84 Å². The van der Waals surface area contributed by atoms with Crippen molar-refractivity contribution in [1.29, 1.82) is 5.41 Å². The molecular weight excluding hydrogens is 258 g/mol. The highest BCUT2D eigenvalue weighted by Crippen LogP contribution is 2.39. The molecule has 0 radical (unpaired) electrons. The second-order valence-corrected chi connectivity index (χ2v) is 5.86. The molecule has 4 heteroatoms. The standard InChI is InChI=1S/C15H22ClN3/c1-3-15(4-2)7-8-19(10-15)11-5-6-12(14(17)18)13(16)9-11/h5-6,9H,3-4,7-8,10H2,1-2H3,(H3,17,18). The van der Waals surface area contributed by atoms with Gasteiger partial charge in [-0.25, -0.2) is 0 Å². The minimum absolute atomic E-state index is 0.0226. The number of benzene rings is 1. The van der Waals surface area contributed by atoms with Crippen LogP contribution >= 0.6 is 11.6 Å². The fraction of sp³-hybridized carbons (Fsp3) is 0.533. The monoisotopic (exact) mass is 279 g/mol. The summed E-state index contributed by atoms with van der Waals surface area (Å²) in [5, 5.41) is 8.02. The Balaban J connectivity index is 2.21. The smallest absolute Gasteiger partial charge is 0.124 e. The molecule has 19 heavy (non-hydrogen) atoms. The van der Waals surface area contributed by atoms with Crippen LogP contribution in [0.5, 0.6) is 0 Å². The fourth-order valence-corrected chi connectivity index (χ4v) is 3.18. The third-order valence-corrected chi connectivity index (χ3v) is 4.86. The molecule has 1 aromatic carbocycles. The Hall–Kier alpha value is -1.22. The Kier molecular flexibility index (Phi) is 4.04. The minimum atomic E-state index is 0.0226. The number of nitrogens with one attached hydrogen (secondary N) is 1. The van der Waals surface area contributed by atoms with Gasteiger partial charge in [-0.2, -0.15) is 0 Å². The lowest BCUT2D eigenvalue weighted by atomic mass is 9.82. The van der Waals surface area contributed by atoms with Crippen molar-refractivity contribution in [3.63, 3.8) is 0 Å². The summed E-state index contributed by atoms with van der Waals surface area (Å²) in [6.07, 6.45) is 3.69. The van der Waals surface area contributed by atoms with E-state index in [1.54, 1.807) is 0 Å². The molecule has 0 aromatic heterocycles. The van der Waals surface area contributed by atoms with E-state index in [0.29, 0.717) is 16.0 Å². The van der Waals surface area contributed by atoms with Crippen LogP contribution in [-0.4, -0.2) is 18.9 Å². The van der Waals surface area contributed by atoms with Crippen molar-refractivity contribution >= 4 is 23.1 Å². The molecule has 0 unspecified atom stereocenters. The SMILES string of the molecule is CCC1(CC)CCN(c2ccc(C(=N)N)c(Cl)c2)C1. The maximum Gasteiger partial charge on any atom is 0.124 e. The maximum atomic E-state index is 7.46. The number of nitrogen functional groups attached to an aromatic ring is 1. The number of hydrogen-bond acceptors (Lipinski definition) is 2. The average Bonchev–Trinajstić information content (AvgIpc) is 2.83. The highest BCUT2D eigenvalue weighted by Gasteiger charge is 2.35. The Morgan fingerprint density at radius 3 is 2.58 bits per heavy atom. The predicted molar refractivity (Wildman–Crippen MR) is 82.3 cm³/mol. The molecule has 1 heterocycles. The lowest BCUT2D eigenvalue weighted by Gasteiger charge is -2.27. The van der Waals surface area contributed by atoms with Crippen molar-refractivity contribution in [1.82, 2.24) is 0 Å². The maximum absolute atomic E-state index is 7.46. The van der Waals surface area contributed by atoms with Gasteiger partial charge in [0.25, 0.3) is 0 Å². The van der Waals surface area contributed by atoms with Crippen LogP contribution in [-0.2, 0) is 0 Å². The minimum Gasteiger partial charge on any atom is -0.384 e. The van der Waals surface area contributed by atoms with Crippen molar-refractivity contribution in [3.05, 3.63) is 28.8 Å². The van der Waals surface area contributed by atoms with E-state index in [4.69, 9.17) is 22.7 Å². The fourth-order valence-electron chi connectivity index (χ4n) is 2.90. The number of rotatable bonds is 4. The summed E-state index contributed by atoms with van der Waals surface area (Å²) in [7, 11) is 0. The summed E-state index contributed by atoms with van der Waals surface area (Å²) in [5.41, 5.74) is 7.69. The van der Waals surface area contributed by atoms with E-state index in [0.717, 1.165) is 18.8 Å². The Bertz CT molecular complexity index is 480. The van der Waals surface area contributed by atoms with Crippen molar-refractivity contribution in [3.8, 4) is 0 Å². The molecule has 1 fully saturated rings. The number of anilines is 1. The molecule has 3 nitrogen and oxygen atoms in total. The first-order chi connectivity index (χ1) is 9.01. The number of nitrogens with two attached hydrogens (primary N) is 1. The van der Waals surface area contributed by atoms with Crippen LogP contribution < -0.4 is 10.6 Å². The summed E-state index contributed by atoms with van der Waals surface area (Å²) in [5.74, 6) is 0.0226. The summed E-state index contributed by atoms with van der Waals surface area (Å²) in [6.45, 7) is 6.73. The van der Waals surface area contributed by atoms with Gasteiger partial charge >= 0.3 is 0 Å². The molecule has 2 rings (SSSR count). The summed E-state index contributed by atoms with van der Waals surface area (Å²) in [6, 6.07) is 5.79. The molecule has 0 aliphatic carbocycles. The molecule has 0 atom stereocenters. The number of amidine groups is 1. The van der Waals surface area contributed by atoms with Crippen LogP contribution in [0.3, 0.4) is 0 Å². The zero-order valence-corrected chi connectivity index (χ0v) is 12.4. The van der Waals surface area contributed by atoms with E-state index in [2.05, 4.69) is 18.7 Å². The van der Waals surface area contributed by atoms with Gasteiger partial charge in [-0.1, -0.05) is 25.4 Å². The normalized spacial score (nSPS) is 17.7. The molecule has 0 saturated carbocycles. The zero-order chi connectivity index (χ0) is 14.0. The van der Waals surface area contributed by atoms with E-state index in [1.807, 2.05) is 18.2 Å². The van der Waals surface area contributed by atoms with Crippen LogP contribution in [0.2, 0.25) is 5.02 Å². The van der Waals surface area contributed by atoms with Gasteiger partial charge in [0, 0.05) is 24.3 Å². The molecule has 0 amide bonds. The zero-order valence-electron chi connectivity index (χ0n) is 11.7. The number of halogens is 1. The van der Waals surface area contributed by atoms with Crippen molar-refractivity contribution in [2.45, 2.75) is 33.1 Å². The molecule has 0 bridgehead atoms. The van der Waals surface area contributed by atoms with Crippen molar-refractivity contribution < 1.29 is 0 Å². The van der Waals surface area contributed by atoms with E-state index < -0.39 is 0 Å². The second kappa shape index (κ2) is 5.41. The van der Waals surface area contributed by atoms with Gasteiger partial charge in [0.15, 0.2) is 0 Å². The molecule has 1 aliphatic heterocycles. The molecule has 1 aliphatic rings. The van der Waals surface area contributed by atoms with Gasteiger partial charge in [-0.05, 0) is 42.9 Å². The number of nitrogens with zero attached hydrogens (tertiary/aromatic N) is 1. The van der Waals surface area contributed by atoms with E-state index in [1.165, 1.54) is 19.3 Å². The van der Waals surface area contributed by atoms with E-state index in [-0.39, 0.29) is 5.84 Å². The molecule has 3 N–H and O–H groups in total. The first-order valence-corrected chi connectivity index (χ1v) is 7.28. The first-order valence-electron chi connectivity index (χ1n) is 6.90.